The number of nitrogens with zero attached hydrogens (tertiary/aromatic N) is 1. The predicted octanol–water partition coefficient (Wildman–Crippen LogP) is 4.90. The highest BCUT2D eigenvalue weighted by molar-refractivity contribution is 6.13. The molecular weight excluding hydrogens is 340 g/mol. The van der Waals surface area contributed by atoms with Crippen molar-refractivity contribution in [1.82, 2.24) is 9.97 Å². The molecule has 5 nitrogen and oxygen atoms in total. The number of rotatable bonds is 4. The van der Waals surface area contributed by atoms with Gasteiger partial charge < -0.3 is 19.2 Å². The highest BCUT2D eigenvalue weighted by Crippen LogP contribution is 2.47. The Bertz CT molecular complexity index is 1110. The molecule has 1 N–H and O–H groups in total. The average molecular weight is 358 g/mol. The van der Waals surface area contributed by atoms with Gasteiger partial charge in [0.05, 0.1) is 32.7 Å². The summed E-state index contributed by atoms with van der Waals surface area (Å²) < 4.78 is 16.4. The van der Waals surface area contributed by atoms with Gasteiger partial charge in [-0.3, -0.25) is 0 Å². The number of aromatic nitrogens is 2. The maximum atomic E-state index is 5.47. The number of imidazole rings is 1. The molecule has 0 bridgehead atoms. The van der Waals surface area contributed by atoms with E-state index in [2.05, 4.69) is 41.4 Å². The van der Waals surface area contributed by atoms with Crippen LogP contribution in [0.1, 0.15) is 0 Å². The largest absolute Gasteiger partial charge is 0.493 e. The van der Waals surface area contributed by atoms with E-state index in [0.29, 0.717) is 17.2 Å². The Morgan fingerprint density at radius 1 is 0.815 bits per heavy atom. The fourth-order valence-electron chi connectivity index (χ4n) is 3.86. The second-order valence-corrected chi connectivity index (χ2v) is 6.43. The van der Waals surface area contributed by atoms with Gasteiger partial charge in [0, 0.05) is 22.1 Å². The molecule has 0 atom stereocenters. The molecule has 1 aromatic heterocycles. The van der Waals surface area contributed by atoms with Crippen molar-refractivity contribution in [2.75, 3.05) is 21.3 Å². The number of hydrogen-bond donors (Lipinski definition) is 1. The molecule has 0 saturated carbocycles. The van der Waals surface area contributed by atoms with Gasteiger partial charge >= 0.3 is 0 Å². The van der Waals surface area contributed by atoms with Crippen molar-refractivity contribution in [3.8, 4) is 51.2 Å². The Labute approximate surface area is 156 Å². The van der Waals surface area contributed by atoms with Gasteiger partial charge in [-0.1, -0.05) is 36.4 Å². The summed E-state index contributed by atoms with van der Waals surface area (Å²) >= 11 is 0. The number of fused-ring (bicyclic) bond motifs is 3. The Hall–Kier alpha value is -3.47. The zero-order valence-corrected chi connectivity index (χ0v) is 15.3. The van der Waals surface area contributed by atoms with Crippen LogP contribution in [0.3, 0.4) is 0 Å². The van der Waals surface area contributed by atoms with Gasteiger partial charge in [0.2, 0.25) is 5.75 Å². The standard InChI is InChI=1S/C22H18N2O3/c1-25-16-10-13(11-17(26-2)21(16)27-3)22-23-19-14-8-4-6-12-7-5-9-15(18(12)14)20(19)24-22/h4-11H,1-3H3,(H,23,24). The van der Waals surface area contributed by atoms with Crippen molar-refractivity contribution in [2.45, 2.75) is 0 Å². The van der Waals surface area contributed by atoms with E-state index >= 15 is 0 Å². The van der Waals surface area contributed by atoms with Crippen molar-refractivity contribution < 1.29 is 14.2 Å². The van der Waals surface area contributed by atoms with Gasteiger partial charge in [0.25, 0.3) is 0 Å². The molecule has 4 aromatic rings. The van der Waals surface area contributed by atoms with Gasteiger partial charge in [0.1, 0.15) is 5.82 Å². The minimum atomic E-state index is 0.568. The minimum Gasteiger partial charge on any atom is -0.493 e. The number of nitrogens with one attached hydrogen (secondary N) is 1. The van der Waals surface area contributed by atoms with E-state index < -0.39 is 0 Å². The molecule has 5 heteroatoms. The molecule has 1 aliphatic carbocycles. The number of H-pyrrole nitrogens is 1. The normalized spacial score (nSPS) is 11.5. The molecule has 1 aliphatic rings. The molecule has 0 spiro atoms. The lowest BCUT2D eigenvalue weighted by molar-refractivity contribution is 0.324. The second-order valence-electron chi connectivity index (χ2n) is 6.43. The smallest absolute Gasteiger partial charge is 0.203 e. The lowest BCUT2D eigenvalue weighted by atomic mass is 10.0. The van der Waals surface area contributed by atoms with Crippen LogP contribution in [0.2, 0.25) is 0 Å². The summed E-state index contributed by atoms with van der Waals surface area (Å²) in [7, 11) is 4.82. The Kier molecular flexibility index (Phi) is 3.37. The first kappa shape index (κ1) is 15.8. The highest BCUT2D eigenvalue weighted by Gasteiger charge is 2.26. The zero-order valence-electron chi connectivity index (χ0n) is 15.3. The van der Waals surface area contributed by atoms with E-state index in [1.165, 1.54) is 16.3 Å². The topological polar surface area (TPSA) is 56.4 Å². The zero-order chi connectivity index (χ0) is 18.5. The van der Waals surface area contributed by atoms with Crippen LogP contribution in [0.15, 0.2) is 48.5 Å². The number of hydrogen-bond acceptors (Lipinski definition) is 4. The second kappa shape index (κ2) is 5.77. The van der Waals surface area contributed by atoms with E-state index in [1.807, 2.05) is 12.1 Å². The molecule has 0 amide bonds. The lowest BCUT2D eigenvalue weighted by Gasteiger charge is -2.13. The van der Waals surface area contributed by atoms with E-state index in [-0.39, 0.29) is 0 Å². The molecule has 0 fully saturated rings. The molecule has 1 heterocycles. The van der Waals surface area contributed by atoms with Crippen molar-refractivity contribution >= 4 is 10.8 Å². The van der Waals surface area contributed by atoms with Crippen molar-refractivity contribution in [2.24, 2.45) is 0 Å². The molecule has 0 saturated heterocycles. The molecule has 134 valence electrons. The van der Waals surface area contributed by atoms with Gasteiger partial charge in [-0.2, -0.15) is 0 Å². The van der Waals surface area contributed by atoms with E-state index in [0.717, 1.165) is 28.3 Å². The Morgan fingerprint density at radius 3 is 2.11 bits per heavy atom. The third kappa shape index (κ3) is 2.15. The Balaban J connectivity index is 1.70. The average Bonchev–Trinajstić information content (AvgIpc) is 3.27. The maximum absolute atomic E-state index is 5.47. The monoisotopic (exact) mass is 358 g/mol. The first-order valence-corrected chi connectivity index (χ1v) is 8.68. The van der Waals surface area contributed by atoms with Crippen LogP contribution in [-0.2, 0) is 0 Å². The number of aromatic amines is 1. The van der Waals surface area contributed by atoms with Crippen LogP contribution >= 0.6 is 0 Å². The summed E-state index contributed by atoms with van der Waals surface area (Å²) in [5.74, 6) is 2.54. The molecule has 27 heavy (non-hydrogen) atoms. The van der Waals surface area contributed by atoms with Gasteiger partial charge in [-0.15, -0.1) is 0 Å². The maximum Gasteiger partial charge on any atom is 0.203 e. The van der Waals surface area contributed by atoms with E-state index in [4.69, 9.17) is 19.2 Å². The molecular formula is C22H18N2O3. The summed E-state index contributed by atoms with van der Waals surface area (Å²) in [5, 5.41) is 2.48. The highest BCUT2D eigenvalue weighted by atomic mass is 16.5. The number of methoxy groups -OCH3 is 3. The fourth-order valence-corrected chi connectivity index (χ4v) is 3.86. The summed E-state index contributed by atoms with van der Waals surface area (Å²) in [4.78, 5) is 8.39. The van der Waals surface area contributed by atoms with Gasteiger partial charge in [-0.05, 0) is 17.5 Å². The quantitative estimate of drug-likeness (QED) is 0.496. The van der Waals surface area contributed by atoms with E-state index in [9.17, 15) is 0 Å². The van der Waals surface area contributed by atoms with Crippen LogP contribution in [0.5, 0.6) is 17.2 Å². The molecule has 3 aromatic carbocycles. The van der Waals surface area contributed by atoms with Gasteiger partial charge in [-0.25, -0.2) is 4.98 Å². The number of benzene rings is 3. The first-order chi connectivity index (χ1) is 13.2. The van der Waals surface area contributed by atoms with Crippen molar-refractivity contribution in [3.63, 3.8) is 0 Å². The molecule has 0 radical (unpaired) electrons. The molecule has 5 rings (SSSR count). The van der Waals surface area contributed by atoms with Crippen LogP contribution < -0.4 is 14.2 Å². The predicted molar refractivity (Wildman–Crippen MR) is 106 cm³/mol. The van der Waals surface area contributed by atoms with Crippen LogP contribution in [-0.4, -0.2) is 31.3 Å². The Morgan fingerprint density at radius 2 is 1.48 bits per heavy atom. The van der Waals surface area contributed by atoms with E-state index in [1.54, 1.807) is 21.3 Å². The van der Waals surface area contributed by atoms with Gasteiger partial charge in [0.15, 0.2) is 11.5 Å². The third-order valence-electron chi connectivity index (χ3n) is 5.07. The summed E-state index contributed by atoms with van der Waals surface area (Å²) in [5.41, 5.74) is 5.25. The molecule has 0 unspecified atom stereocenters. The SMILES string of the molecule is COc1cc(-c2nc3c([nH]2)-c2cccc4cccc-3c24)cc(OC)c1OC. The van der Waals surface area contributed by atoms with Crippen LogP contribution in [0.25, 0.3) is 44.7 Å². The van der Waals surface area contributed by atoms with Crippen molar-refractivity contribution in [1.29, 1.82) is 0 Å². The summed E-state index contributed by atoms with van der Waals surface area (Å²) in [6, 6.07) is 16.5. The summed E-state index contributed by atoms with van der Waals surface area (Å²) in [6.45, 7) is 0. The minimum absolute atomic E-state index is 0.568. The number of ether oxygens (including phenoxy) is 3. The first-order valence-electron chi connectivity index (χ1n) is 8.68. The van der Waals surface area contributed by atoms with Crippen LogP contribution in [0, 0.1) is 0 Å². The third-order valence-corrected chi connectivity index (χ3v) is 5.07. The van der Waals surface area contributed by atoms with Crippen molar-refractivity contribution in [3.05, 3.63) is 48.5 Å². The van der Waals surface area contributed by atoms with Crippen LogP contribution in [0.4, 0.5) is 0 Å². The fraction of sp³-hybridized carbons (Fsp3) is 0.136. The summed E-state index contributed by atoms with van der Waals surface area (Å²) in [6.07, 6.45) is 0. The molecule has 0 aliphatic heterocycles. The lowest BCUT2D eigenvalue weighted by Crippen LogP contribution is -1.96.